The Balaban J connectivity index is 1.02. The molecule has 0 saturated heterocycles. The molecule has 5 heteroatoms. The van der Waals surface area contributed by atoms with Crippen LogP contribution < -0.4 is 14.5 Å². The molecule has 0 atom stereocenters. The number of benzene rings is 8. The summed E-state index contributed by atoms with van der Waals surface area (Å²) < 4.78 is 83.2. The van der Waals surface area contributed by atoms with Gasteiger partial charge < -0.3 is 14.5 Å². The summed E-state index contributed by atoms with van der Waals surface area (Å²) in [6.07, 6.45) is 3.85. The first-order valence-corrected chi connectivity index (χ1v) is 26.2. The Morgan fingerprint density at radius 3 is 1.89 bits per heavy atom. The summed E-state index contributed by atoms with van der Waals surface area (Å²) in [5.74, 6) is 1.57. The van der Waals surface area contributed by atoms with E-state index in [0.717, 1.165) is 57.8 Å². The lowest BCUT2D eigenvalue weighted by atomic mass is 9.63. The fourth-order valence-electron chi connectivity index (χ4n) is 11.2. The van der Waals surface area contributed by atoms with Crippen LogP contribution in [0.1, 0.15) is 115 Å². The van der Waals surface area contributed by atoms with Gasteiger partial charge in [0.25, 0.3) is 0 Å². The van der Waals surface area contributed by atoms with Crippen molar-refractivity contribution >= 4 is 44.6 Å². The number of aromatic nitrogens is 2. The van der Waals surface area contributed by atoms with Crippen molar-refractivity contribution in [2.45, 2.75) is 104 Å². The van der Waals surface area contributed by atoms with E-state index in [1.165, 1.54) is 11.1 Å². The maximum absolute atomic E-state index is 9.91. The Morgan fingerprint density at radius 1 is 0.507 bits per heavy atom. The third kappa shape index (κ3) is 8.66. The van der Waals surface area contributed by atoms with E-state index >= 15 is 0 Å². The van der Waals surface area contributed by atoms with Crippen LogP contribution >= 0.6 is 0 Å². The quantitative estimate of drug-likeness (QED) is 0.152. The van der Waals surface area contributed by atoms with E-state index in [9.17, 15) is 5.48 Å². The van der Waals surface area contributed by atoms with Crippen molar-refractivity contribution in [2.24, 2.45) is 0 Å². The zero-order chi connectivity index (χ0) is 59.0. The molecule has 0 amide bonds. The van der Waals surface area contributed by atoms with Crippen molar-refractivity contribution < 1.29 is 15.7 Å². The van der Waals surface area contributed by atoms with Crippen LogP contribution in [0.2, 0.25) is 0 Å². The van der Waals surface area contributed by atoms with Crippen LogP contribution in [0.15, 0.2) is 194 Å². The Bertz CT molecular complexity index is 4280. The fourth-order valence-corrected chi connectivity index (χ4v) is 11.2. The first-order chi connectivity index (χ1) is 39.2. The zero-order valence-electron chi connectivity index (χ0n) is 52.7. The predicted octanol–water partition coefficient (Wildman–Crippen LogP) is 19.2. The molecule has 0 saturated carbocycles. The van der Waals surface area contributed by atoms with Crippen molar-refractivity contribution in [3.8, 4) is 50.7 Å². The molecule has 2 aromatic heterocycles. The van der Waals surface area contributed by atoms with E-state index in [-0.39, 0.29) is 81.1 Å². The lowest BCUT2D eigenvalue weighted by Crippen LogP contribution is -2.33. The van der Waals surface area contributed by atoms with Gasteiger partial charge >= 0.3 is 0 Å². The van der Waals surface area contributed by atoms with E-state index in [4.69, 9.17) is 15.2 Å². The highest BCUT2D eigenvalue weighted by Crippen LogP contribution is 2.54. The molecule has 10 aromatic rings. The predicted molar refractivity (Wildman–Crippen MR) is 316 cm³/mol. The van der Waals surface area contributed by atoms with Crippen molar-refractivity contribution in [1.29, 1.82) is 0 Å². The molecule has 5 nitrogen and oxygen atoms in total. The van der Waals surface area contributed by atoms with E-state index in [1.54, 1.807) is 6.20 Å². The van der Waals surface area contributed by atoms with Crippen molar-refractivity contribution in [3.05, 3.63) is 216 Å². The van der Waals surface area contributed by atoms with Gasteiger partial charge in [0, 0.05) is 45.9 Å². The summed E-state index contributed by atoms with van der Waals surface area (Å²) >= 11 is 0. The SMILES string of the molecule is [2H]c1c([2H])c(-c2cc(C(C)(C)C)cc(-c3ccc4c(c3)C(C)(C)CCC4(C)C)c2N2CN(c3cccc(Oc4ccc5c6c([2H])c([2H])c([2H])c([2H])c6n(-c6cc(C(C)(C)C)ccn6)c5c4)c3)c3ccccc32)c([2H])c([2H])c1-c1ccccc1. The average Bonchev–Trinajstić information content (AvgIpc) is 2.14. The lowest BCUT2D eigenvalue weighted by Gasteiger charge is -2.42. The van der Waals surface area contributed by atoms with Crippen LogP contribution in [0.25, 0.3) is 61.0 Å². The van der Waals surface area contributed by atoms with Crippen LogP contribution in [-0.4, -0.2) is 16.2 Å². The first-order valence-electron chi connectivity index (χ1n) is 30.2. The van der Waals surface area contributed by atoms with E-state index in [1.807, 2.05) is 102 Å². The summed E-state index contributed by atoms with van der Waals surface area (Å²) in [6.45, 7) is 22.5. The minimum absolute atomic E-state index is 0.0195. The molecule has 0 fully saturated rings. The molecular formula is C70H68N4O. The topological polar surface area (TPSA) is 33.5 Å². The number of para-hydroxylation sites is 3. The molecule has 0 unspecified atom stereocenters. The van der Waals surface area contributed by atoms with Crippen molar-refractivity contribution in [3.63, 3.8) is 0 Å². The normalized spacial score (nSPS) is 16.6. The van der Waals surface area contributed by atoms with Gasteiger partial charge in [0.1, 0.15) is 24.0 Å². The number of ether oxygens (including phenoxy) is 1. The average molecular weight is 989 g/mol. The standard InChI is InChI=1S/C70H68N4O/c1-67(2,3)50-35-38-71-65(42-50)74-61-24-15-14-23-55(61)56-33-32-54(44-64(56)74)75-53-22-18-21-52(43-53)72-45-73(63-26-17-16-25-62(63)72)66-57(48-29-27-47(28-30-48)46-19-12-11-13-20-46)40-51(68(4,5)6)41-58(66)49-31-34-59-60(39-49)70(9,10)37-36-69(59,7)8/h11-35,38-44H,36-37,45H2,1-10H3/i14D,15D,23D,24D,27D,28D,29D,30D. The number of anilines is 4. The van der Waals surface area contributed by atoms with Crippen LogP contribution in [-0.2, 0) is 21.7 Å². The van der Waals surface area contributed by atoms with Crippen LogP contribution in [0.5, 0.6) is 11.5 Å². The molecule has 12 rings (SSSR count). The highest BCUT2D eigenvalue weighted by molar-refractivity contribution is 6.09. The molecule has 0 radical (unpaired) electrons. The monoisotopic (exact) mass is 989 g/mol. The minimum Gasteiger partial charge on any atom is -0.457 e. The Kier molecular flexibility index (Phi) is 9.44. The van der Waals surface area contributed by atoms with Gasteiger partial charge in [-0.05, 0) is 146 Å². The molecule has 2 aliphatic rings. The van der Waals surface area contributed by atoms with Crippen molar-refractivity contribution in [2.75, 3.05) is 16.5 Å². The van der Waals surface area contributed by atoms with E-state index in [0.29, 0.717) is 56.9 Å². The van der Waals surface area contributed by atoms with Gasteiger partial charge in [-0.2, -0.15) is 0 Å². The van der Waals surface area contributed by atoms with Gasteiger partial charge in [-0.3, -0.25) is 4.57 Å². The number of nitrogens with zero attached hydrogens (tertiary/aromatic N) is 4. The molecular weight excluding hydrogens is 913 g/mol. The molecule has 1 aliphatic heterocycles. The molecule has 3 heterocycles. The van der Waals surface area contributed by atoms with Crippen LogP contribution in [0, 0.1) is 0 Å². The van der Waals surface area contributed by atoms with E-state index < -0.39 is 0 Å². The zero-order valence-corrected chi connectivity index (χ0v) is 44.7. The maximum atomic E-state index is 9.91. The van der Waals surface area contributed by atoms with E-state index in [2.05, 4.69) is 122 Å². The third-order valence-corrected chi connectivity index (χ3v) is 15.7. The molecule has 0 spiro atoms. The van der Waals surface area contributed by atoms with Gasteiger partial charge in [-0.15, -0.1) is 0 Å². The molecule has 75 heavy (non-hydrogen) atoms. The van der Waals surface area contributed by atoms with Gasteiger partial charge in [0.15, 0.2) is 0 Å². The fraction of sp³-hybridized carbons (Fsp3) is 0.243. The second kappa shape index (κ2) is 17.9. The maximum Gasteiger partial charge on any atom is 0.137 e. The minimum atomic E-state index is -0.379. The summed E-state index contributed by atoms with van der Waals surface area (Å²) in [5.41, 5.74) is 12.0. The van der Waals surface area contributed by atoms with Crippen molar-refractivity contribution in [1.82, 2.24) is 9.55 Å². The second-order valence-corrected chi connectivity index (χ2v) is 23.8. The number of fused-ring (bicyclic) bond motifs is 5. The highest BCUT2D eigenvalue weighted by Gasteiger charge is 2.38. The molecule has 8 aromatic carbocycles. The first kappa shape index (κ1) is 39.6. The molecule has 374 valence electrons. The largest absolute Gasteiger partial charge is 0.457 e. The van der Waals surface area contributed by atoms with Crippen LogP contribution in [0.4, 0.5) is 22.7 Å². The summed E-state index contributed by atoms with van der Waals surface area (Å²) in [5, 5.41) is 1.04. The molecule has 0 N–H and O–H groups in total. The van der Waals surface area contributed by atoms with Gasteiger partial charge in [0.05, 0.1) is 39.1 Å². The Hall–Kier alpha value is -7.89. The smallest absolute Gasteiger partial charge is 0.137 e. The Morgan fingerprint density at radius 2 is 1.16 bits per heavy atom. The lowest BCUT2D eigenvalue weighted by molar-refractivity contribution is 0.332. The second-order valence-electron chi connectivity index (χ2n) is 23.8. The number of hydrogen-bond donors (Lipinski definition) is 0. The summed E-state index contributed by atoms with van der Waals surface area (Å²) in [6, 6.07) is 44.9. The molecule has 0 bridgehead atoms. The number of hydrogen-bond acceptors (Lipinski definition) is 4. The van der Waals surface area contributed by atoms with Gasteiger partial charge in [-0.25, -0.2) is 4.98 Å². The van der Waals surface area contributed by atoms with Crippen LogP contribution in [0.3, 0.4) is 0 Å². The molecule has 1 aliphatic carbocycles. The van der Waals surface area contributed by atoms with Gasteiger partial charge in [0.2, 0.25) is 0 Å². The summed E-state index contributed by atoms with van der Waals surface area (Å²) in [4.78, 5) is 9.28. The Labute approximate surface area is 455 Å². The third-order valence-electron chi connectivity index (χ3n) is 15.7. The number of rotatable bonds is 8. The highest BCUT2D eigenvalue weighted by atomic mass is 16.5. The number of pyridine rings is 1. The summed E-state index contributed by atoms with van der Waals surface area (Å²) in [7, 11) is 0. The van der Waals surface area contributed by atoms with Gasteiger partial charge in [-0.1, -0.05) is 178 Å².